The molecule has 1 rings (SSSR count). The number of nitrogens with zero attached hydrogens (tertiary/aromatic N) is 2. The predicted molar refractivity (Wildman–Crippen MR) is 44.2 cm³/mol. The SMILES string of the molecule is CCCC(O)(S)c1cn[nH]n1. The maximum Gasteiger partial charge on any atom is 0.153 e. The first kappa shape index (κ1) is 8.55. The summed E-state index contributed by atoms with van der Waals surface area (Å²) in [5.74, 6) is 0. The Labute approximate surface area is 70.4 Å². The van der Waals surface area contributed by atoms with Gasteiger partial charge in [0.15, 0.2) is 4.93 Å². The molecule has 4 nitrogen and oxygen atoms in total. The van der Waals surface area contributed by atoms with Crippen molar-refractivity contribution in [2.24, 2.45) is 0 Å². The Hall–Kier alpha value is -0.550. The topological polar surface area (TPSA) is 61.8 Å². The minimum Gasteiger partial charge on any atom is -0.374 e. The van der Waals surface area contributed by atoms with Crippen molar-refractivity contribution in [3.8, 4) is 0 Å². The number of nitrogens with one attached hydrogen (secondary N) is 1. The van der Waals surface area contributed by atoms with Crippen LogP contribution in [0.3, 0.4) is 0 Å². The molecule has 62 valence electrons. The van der Waals surface area contributed by atoms with Gasteiger partial charge in [-0.2, -0.15) is 15.4 Å². The van der Waals surface area contributed by atoms with E-state index in [1.54, 1.807) is 0 Å². The van der Waals surface area contributed by atoms with E-state index in [0.717, 1.165) is 6.42 Å². The molecular formula is C6H11N3OS. The second-order valence-corrected chi connectivity index (χ2v) is 3.16. The van der Waals surface area contributed by atoms with Crippen molar-refractivity contribution >= 4 is 12.6 Å². The number of aromatic nitrogens is 3. The molecule has 0 fully saturated rings. The van der Waals surface area contributed by atoms with Crippen molar-refractivity contribution in [2.75, 3.05) is 0 Å². The average Bonchev–Trinajstić information content (AvgIpc) is 2.37. The van der Waals surface area contributed by atoms with Crippen molar-refractivity contribution in [2.45, 2.75) is 24.7 Å². The molecule has 0 spiro atoms. The second kappa shape index (κ2) is 3.23. The van der Waals surface area contributed by atoms with Gasteiger partial charge in [0, 0.05) is 0 Å². The number of hydrogen-bond acceptors (Lipinski definition) is 4. The van der Waals surface area contributed by atoms with E-state index in [2.05, 4.69) is 28.0 Å². The molecule has 1 aromatic heterocycles. The van der Waals surface area contributed by atoms with Gasteiger partial charge in [0.05, 0.1) is 6.20 Å². The third kappa shape index (κ3) is 1.94. The largest absolute Gasteiger partial charge is 0.374 e. The lowest BCUT2D eigenvalue weighted by molar-refractivity contribution is 0.124. The minimum absolute atomic E-state index is 0.475. The van der Waals surface area contributed by atoms with Crippen LogP contribution in [-0.2, 0) is 4.93 Å². The van der Waals surface area contributed by atoms with E-state index in [0.29, 0.717) is 12.1 Å². The van der Waals surface area contributed by atoms with Crippen LogP contribution in [0.5, 0.6) is 0 Å². The van der Waals surface area contributed by atoms with Crippen LogP contribution in [0.1, 0.15) is 25.5 Å². The van der Waals surface area contributed by atoms with Crippen LogP contribution in [-0.4, -0.2) is 20.5 Å². The molecule has 0 amide bonds. The summed E-state index contributed by atoms with van der Waals surface area (Å²) in [5.41, 5.74) is 0.475. The van der Waals surface area contributed by atoms with Gasteiger partial charge in [0.2, 0.25) is 0 Å². The first-order valence-corrected chi connectivity index (χ1v) is 3.92. The molecule has 1 unspecified atom stereocenters. The molecule has 1 aromatic rings. The van der Waals surface area contributed by atoms with Crippen LogP contribution < -0.4 is 0 Å². The van der Waals surface area contributed by atoms with E-state index < -0.39 is 4.93 Å². The van der Waals surface area contributed by atoms with E-state index in [9.17, 15) is 5.11 Å². The monoisotopic (exact) mass is 173 g/mol. The fourth-order valence-electron chi connectivity index (χ4n) is 0.871. The molecule has 0 saturated carbocycles. The Kier molecular flexibility index (Phi) is 2.51. The van der Waals surface area contributed by atoms with E-state index >= 15 is 0 Å². The lowest BCUT2D eigenvalue weighted by atomic mass is 10.1. The van der Waals surface area contributed by atoms with E-state index in [-0.39, 0.29) is 0 Å². The van der Waals surface area contributed by atoms with Crippen LogP contribution in [0.25, 0.3) is 0 Å². The Balaban J connectivity index is 2.73. The molecular weight excluding hydrogens is 162 g/mol. The first-order valence-electron chi connectivity index (χ1n) is 3.48. The van der Waals surface area contributed by atoms with Crippen molar-refractivity contribution in [3.63, 3.8) is 0 Å². The van der Waals surface area contributed by atoms with Gasteiger partial charge in [-0.15, -0.1) is 12.6 Å². The summed E-state index contributed by atoms with van der Waals surface area (Å²) in [6, 6.07) is 0. The minimum atomic E-state index is -1.14. The van der Waals surface area contributed by atoms with E-state index in [4.69, 9.17) is 0 Å². The number of thiol groups is 1. The predicted octanol–water partition coefficient (Wildman–Crippen LogP) is 0.680. The van der Waals surface area contributed by atoms with Gasteiger partial charge in [-0.25, -0.2) is 0 Å². The van der Waals surface area contributed by atoms with Crippen LogP contribution in [0.15, 0.2) is 6.20 Å². The maximum atomic E-state index is 9.62. The zero-order valence-corrected chi connectivity index (χ0v) is 7.17. The lowest BCUT2D eigenvalue weighted by Gasteiger charge is -2.17. The molecule has 2 N–H and O–H groups in total. The number of aromatic amines is 1. The summed E-state index contributed by atoms with van der Waals surface area (Å²) in [7, 11) is 0. The van der Waals surface area contributed by atoms with Crippen LogP contribution in [0.4, 0.5) is 0 Å². The van der Waals surface area contributed by atoms with Crippen LogP contribution >= 0.6 is 12.6 Å². The summed E-state index contributed by atoms with van der Waals surface area (Å²) < 4.78 is 0. The zero-order valence-electron chi connectivity index (χ0n) is 6.28. The number of hydrogen-bond donors (Lipinski definition) is 3. The van der Waals surface area contributed by atoms with Crippen molar-refractivity contribution < 1.29 is 5.11 Å². The summed E-state index contributed by atoms with van der Waals surface area (Å²) in [6.07, 6.45) is 2.90. The standard InChI is InChI=1S/C6H11N3OS/c1-2-3-6(10,11)5-4-7-9-8-5/h4,10-11H,2-3H2,1H3,(H,7,8,9). The molecule has 5 heteroatoms. The van der Waals surface area contributed by atoms with Gasteiger partial charge in [0.25, 0.3) is 0 Å². The molecule has 0 aromatic carbocycles. The third-order valence-corrected chi connectivity index (χ3v) is 1.88. The van der Waals surface area contributed by atoms with Crippen molar-refractivity contribution in [1.82, 2.24) is 15.4 Å². The van der Waals surface area contributed by atoms with Crippen LogP contribution in [0.2, 0.25) is 0 Å². The zero-order chi connectivity index (χ0) is 8.32. The Morgan fingerprint density at radius 2 is 2.55 bits per heavy atom. The number of aliphatic hydroxyl groups is 1. The lowest BCUT2D eigenvalue weighted by Crippen LogP contribution is -2.17. The average molecular weight is 173 g/mol. The van der Waals surface area contributed by atoms with Gasteiger partial charge in [0.1, 0.15) is 5.69 Å². The Morgan fingerprint density at radius 1 is 1.82 bits per heavy atom. The Bertz CT molecular complexity index is 210. The molecule has 1 heterocycles. The Morgan fingerprint density at radius 3 is 3.00 bits per heavy atom. The third-order valence-electron chi connectivity index (χ3n) is 1.42. The van der Waals surface area contributed by atoms with E-state index in [1.807, 2.05) is 6.92 Å². The van der Waals surface area contributed by atoms with Gasteiger partial charge < -0.3 is 5.11 Å². The van der Waals surface area contributed by atoms with Crippen molar-refractivity contribution in [3.05, 3.63) is 11.9 Å². The summed E-state index contributed by atoms with van der Waals surface area (Å²) in [6.45, 7) is 1.97. The van der Waals surface area contributed by atoms with Gasteiger partial charge in [-0.05, 0) is 6.42 Å². The van der Waals surface area contributed by atoms with Gasteiger partial charge in [-0.3, -0.25) is 0 Å². The second-order valence-electron chi connectivity index (χ2n) is 2.42. The number of H-pyrrole nitrogens is 1. The highest BCUT2D eigenvalue weighted by Crippen LogP contribution is 2.27. The smallest absolute Gasteiger partial charge is 0.153 e. The van der Waals surface area contributed by atoms with Crippen LogP contribution in [0, 0.1) is 0 Å². The molecule has 0 aliphatic heterocycles. The summed E-state index contributed by atoms with van der Waals surface area (Å²) in [4.78, 5) is -1.14. The molecule has 1 atom stereocenters. The normalized spacial score (nSPS) is 16.3. The number of rotatable bonds is 3. The fraction of sp³-hybridized carbons (Fsp3) is 0.667. The molecule has 0 bridgehead atoms. The first-order chi connectivity index (χ1) is 5.17. The quantitative estimate of drug-likeness (QED) is 0.465. The molecule has 0 saturated heterocycles. The highest BCUT2D eigenvalue weighted by molar-refractivity contribution is 7.81. The highest BCUT2D eigenvalue weighted by Gasteiger charge is 2.25. The highest BCUT2D eigenvalue weighted by atomic mass is 32.1. The van der Waals surface area contributed by atoms with E-state index in [1.165, 1.54) is 6.20 Å². The van der Waals surface area contributed by atoms with Gasteiger partial charge in [-0.1, -0.05) is 13.3 Å². The molecule has 0 aliphatic rings. The summed E-state index contributed by atoms with van der Waals surface area (Å²) >= 11 is 4.06. The molecule has 0 aliphatic carbocycles. The fourth-order valence-corrected chi connectivity index (χ4v) is 1.20. The van der Waals surface area contributed by atoms with Crippen molar-refractivity contribution in [1.29, 1.82) is 0 Å². The molecule has 0 radical (unpaired) electrons. The maximum absolute atomic E-state index is 9.62. The van der Waals surface area contributed by atoms with Gasteiger partial charge >= 0.3 is 0 Å². The molecule has 11 heavy (non-hydrogen) atoms. The summed E-state index contributed by atoms with van der Waals surface area (Å²) in [5, 5.41) is 19.4.